The first-order valence-electron chi connectivity index (χ1n) is 6.15. The average Bonchev–Trinajstić information content (AvgIpc) is 2.94. The first-order valence-corrected chi connectivity index (χ1v) is 6.97. The fourth-order valence-electron chi connectivity index (χ4n) is 2.08. The lowest BCUT2D eigenvalue weighted by molar-refractivity contribution is 0.437. The standard InChI is InChI=1S/C15H13FN2OS/c1-8-7-12(20-9(8)2)14-13(15(17)18-19-14)10-5-3-4-6-11(10)16/h3-7H,1-2H3,(H2,17,18). The lowest BCUT2D eigenvalue weighted by Gasteiger charge is -2.02. The molecule has 3 rings (SSSR count). The van der Waals surface area contributed by atoms with E-state index in [0.29, 0.717) is 16.9 Å². The zero-order valence-electron chi connectivity index (χ0n) is 11.1. The second-order valence-corrected chi connectivity index (χ2v) is 5.86. The Labute approximate surface area is 119 Å². The van der Waals surface area contributed by atoms with Crippen molar-refractivity contribution in [3.05, 3.63) is 46.6 Å². The van der Waals surface area contributed by atoms with Crippen LogP contribution >= 0.6 is 11.3 Å². The summed E-state index contributed by atoms with van der Waals surface area (Å²) in [4.78, 5) is 2.09. The van der Waals surface area contributed by atoms with Crippen molar-refractivity contribution in [2.75, 3.05) is 5.73 Å². The summed E-state index contributed by atoms with van der Waals surface area (Å²) in [6.07, 6.45) is 0. The molecule has 0 aliphatic rings. The molecule has 0 atom stereocenters. The predicted molar refractivity (Wildman–Crippen MR) is 79.1 cm³/mol. The van der Waals surface area contributed by atoms with Gasteiger partial charge in [-0.15, -0.1) is 11.3 Å². The molecule has 5 heteroatoms. The molecular weight excluding hydrogens is 275 g/mol. The summed E-state index contributed by atoms with van der Waals surface area (Å²) in [6, 6.07) is 8.48. The minimum atomic E-state index is -0.339. The van der Waals surface area contributed by atoms with E-state index in [-0.39, 0.29) is 11.6 Å². The van der Waals surface area contributed by atoms with Gasteiger partial charge in [-0.2, -0.15) is 0 Å². The highest BCUT2D eigenvalue weighted by atomic mass is 32.1. The number of nitrogen functional groups attached to an aromatic ring is 1. The van der Waals surface area contributed by atoms with Gasteiger partial charge in [0.15, 0.2) is 11.6 Å². The van der Waals surface area contributed by atoms with Gasteiger partial charge in [-0.1, -0.05) is 23.4 Å². The van der Waals surface area contributed by atoms with Crippen LogP contribution in [-0.2, 0) is 0 Å². The average molecular weight is 288 g/mol. The van der Waals surface area contributed by atoms with E-state index in [2.05, 4.69) is 5.16 Å². The summed E-state index contributed by atoms with van der Waals surface area (Å²) >= 11 is 1.58. The fraction of sp³-hybridized carbons (Fsp3) is 0.133. The second kappa shape index (κ2) is 4.76. The molecule has 102 valence electrons. The predicted octanol–water partition coefficient (Wildman–Crippen LogP) is 4.41. The number of aromatic nitrogens is 1. The third kappa shape index (κ3) is 2.00. The number of hydrogen-bond donors (Lipinski definition) is 1. The van der Waals surface area contributed by atoms with Gasteiger partial charge in [0, 0.05) is 10.4 Å². The lowest BCUT2D eigenvalue weighted by Crippen LogP contribution is -1.90. The van der Waals surface area contributed by atoms with E-state index in [4.69, 9.17) is 10.3 Å². The van der Waals surface area contributed by atoms with Crippen molar-refractivity contribution >= 4 is 17.2 Å². The van der Waals surface area contributed by atoms with Gasteiger partial charge in [0.2, 0.25) is 0 Å². The highest BCUT2D eigenvalue weighted by Gasteiger charge is 2.21. The van der Waals surface area contributed by atoms with Crippen molar-refractivity contribution in [1.82, 2.24) is 5.16 Å². The molecule has 1 aromatic carbocycles. The highest BCUT2D eigenvalue weighted by molar-refractivity contribution is 7.15. The van der Waals surface area contributed by atoms with Crippen LogP contribution in [0.1, 0.15) is 10.4 Å². The topological polar surface area (TPSA) is 52.0 Å². The fourth-order valence-corrected chi connectivity index (χ4v) is 3.10. The molecule has 0 radical (unpaired) electrons. The van der Waals surface area contributed by atoms with Crippen LogP contribution in [-0.4, -0.2) is 5.16 Å². The Hall–Kier alpha value is -2.14. The first-order chi connectivity index (χ1) is 9.58. The number of benzene rings is 1. The molecule has 0 fully saturated rings. The van der Waals surface area contributed by atoms with Crippen LogP contribution in [0.5, 0.6) is 0 Å². The minimum absolute atomic E-state index is 0.203. The summed E-state index contributed by atoms with van der Waals surface area (Å²) in [5, 5.41) is 3.79. The minimum Gasteiger partial charge on any atom is -0.380 e. The van der Waals surface area contributed by atoms with Crippen molar-refractivity contribution in [1.29, 1.82) is 0 Å². The number of hydrogen-bond acceptors (Lipinski definition) is 4. The van der Waals surface area contributed by atoms with Crippen molar-refractivity contribution < 1.29 is 8.91 Å². The Bertz CT molecular complexity index is 757. The van der Waals surface area contributed by atoms with Crippen LogP contribution in [0.2, 0.25) is 0 Å². The molecule has 0 unspecified atom stereocenters. The first kappa shape index (κ1) is 12.9. The summed E-state index contributed by atoms with van der Waals surface area (Å²) < 4.78 is 19.3. The van der Waals surface area contributed by atoms with Crippen LogP contribution in [0.25, 0.3) is 21.8 Å². The SMILES string of the molecule is Cc1cc(-c2onc(N)c2-c2ccccc2F)sc1C. The number of nitrogens with two attached hydrogens (primary N) is 1. The molecule has 0 spiro atoms. The molecular formula is C15H13FN2OS. The maximum Gasteiger partial charge on any atom is 0.186 e. The van der Waals surface area contributed by atoms with E-state index in [1.165, 1.54) is 16.5 Å². The number of nitrogens with zero attached hydrogens (tertiary/aromatic N) is 1. The van der Waals surface area contributed by atoms with E-state index in [0.717, 1.165) is 4.88 Å². The van der Waals surface area contributed by atoms with Crippen molar-refractivity contribution in [3.63, 3.8) is 0 Å². The molecule has 2 N–H and O–H groups in total. The third-order valence-corrected chi connectivity index (χ3v) is 4.40. The third-order valence-electron chi connectivity index (χ3n) is 3.25. The van der Waals surface area contributed by atoms with Crippen LogP contribution in [0, 0.1) is 19.7 Å². The number of thiophene rings is 1. The van der Waals surface area contributed by atoms with E-state index in [1.807, 2.05) is 19.9 Å². The molecule has 0 saturated heterocycles. The molecule has 2 heterocycles. The quantitative estimate of drug-likeness (QED) is 0.760. The molecule has 3 aromatic rings. The monoisotopic (exact) mass is 288 g/mol. The largest absolute Gasteiger partial charge is 0.380 e. The van der Waals surface area contributed by atoms with Gasteiger partial charge in [-0.3, -0.25) is 0 Å². The van der Waals surface area contributed by atoms with Crippen molar-refractivity contribution in [3.8, 4) is 21.8 Å². The van der Waals surface area contributed by atoms with Crippen molar-refractivity contribution in [2.24, 2.45) is 0 Å². The van der Waals surface area contributed by atoms with E-state index < -0.39 is 0 Å². The van der Waals surface area contributed by atoms with E-state index >= 15 is 0 Å². The Morgan fingerprint density at radius 1 is 1.25 bits per heavy atom. The molecule has 3 nitrogen and oxygen atoms in total. The Balaban J connectivity index is 2.23. The van der Waals surface area contributed by atoms with Crippen molar-refractivity contribution in [2.45, 2.75) is 13.8 Å². The normalized spacial score (nSPS) is 10.9. The molecule has 0 amide bonds. The van der Waals surface area contributed by atoms with Crippen LogP contribution in [0.3, 0.4) is 0 Å². The smallest absolute Gasteiger partial charge is 0.186 e. The summed E-state index contributed by atoms with van der Waals surface area (Å²) in [5.74, 6) is 0.385. The Morgan fingerprint density at radius 3 is 2.65 bits per heavy atom. The van der Waals surface area contributed by atoms with E-state index in [9.17, 15) is 4.39 Å². The second-order valence-electron chi connectivity index (χ2n) is 4.60. The zero-order valence-corrected chi connectivity index (χ0v) is 11.9. The maximum absolute atomic E-state index is 14.0. The van der Waals surface area contributed by atoms with Crippen LogP contribution in [0.15, 0.2) is 34.9 Å². The maximum atomic E-state index is 14.0. The van der Waals surface area contributed by atoms with Crippen LogP contribution in [0.4, 0.5) is 10.2 Å². The summed E-state index contributed by atoms with van der Waals surface area (Å²) in [6.45, 7) is 4.06. The van der Waals surface area contributed by atoms with Gasteiger partial charge >= 0.3 is 0 Å². The number of rotatable bonds is 2. The molecule has 0 saturated carbocycles. The summed E-state index contributed by atoms with van der Waals surface area (Å²) in [5.41, 5.74) is 7.95. The Morgan fingerprint density at radius 2 is 2.00 bits per heavy atom. The molecule has 2 aromatic heterocycles. The number of anilines is 1. The number of aryl methyl sites for hydroxylation is 2. The molecule has 0 aliphatic carbocycles. The van der Waals surface area contributed by atoms with Gasteiger partial charge < -0.3 is 10.3 Å². The van der Waals surface area contributed by atoms with Gasteiger partial charge in [-0.25, -0.2) is 4.39 Å². The lowest BCUT2D eigenvalue weighted by atomic mass is 10.0. The highest BCUT2D eigenvalue weighted by Crippen LogP contribution is 2.41. The Kier molecular flexibility index (Phi) is 3.06. The van der Waals surface area contributed by atoms with Crippen LogP contribution < -0.4 is 5.73 Å². The number of halogens is 1. The van der Waals surface area contributed by atoms with Gasteiger partial charge in [0.25, 0.3) is 0 Å². The van der Waals surface area contributed by atoms with E-state index in [1.54, 1.807) is 29.5 Å². The van der Waals surface area contributed by atoms with Gasteiger partial charge in [0.05, 0.1) is 10.4 Å². The van der Waals surface area contributed by atoms with Gasteiger partial charge in [-0.05, 0) is 31.5 Å². The summed E-state index contributed by atoms with van der Waals surface area (Å²) in [7, 11) is 0. The molecule has 20 heavy (non-hydrogen) atoms. The molecule has 0 bridgehead atoms. The van der Waals surface area contributed by atoms with Gasteiger partial charge in [0.1, 0.15) is 5.82 Å². The molecule has 0 aliphatic heterocycles. The zero-order chi connectivity index (χ0) is 14.3.